The highest BCUT2D eigenvalue weighted by atomic mass is 32.2. The quantitative estimate of drug-likeness (QED) is 0.921. The summed E-state index contributed by atoms with van der Waals surface area (Å²) >= 11 is 0. The Morgan fingerprint density at radius 3 is 2.67 bits per heavy atom. The van der Waals surface area contributed by atoms with Gasteiger partial charge in [0.25, 0.3) is 10.0 Å². The molecular formula is C11H12FN3O2S. The average molecular weight is 269 g/mol. The Balaban J connectivity index is 2.33. The lowest BCUT2D eigenvalue weighted by molar-refractivity contribution is 0.593. The Kier molecular flexibility index (Phi) is 3.08. The van der Waals surface area contributed by atoms with Crippen LogP contribution in [0.25, 0.3) is 0 Å². The third-order valence-corrected chi connectivity index (χ3v) is 3.79. The predicted molar refractivity (Wildman–Crippen MR) is 65.2 cm³/mol. The summed E-state index contributed by atoms with van der Waals surface area (Å²) in [6.45, 7) is 1.57. The zero-order valence-corrected chi connectivity index (χ0v) is 10.7. The largest absolute Gasteiger partial charge is 0.276 e. The zero-order valence-electron chi connectivity index (χ0n) is 9.88. The van der Waals surface area contributed by atoms with E-state index in [1.54, 1.807) is 14.0 Å². The van der Waals surface area contributed by atoms with Crippen molar-refractivity contribution < 1.29 is 12.8 Å². The summed E-state index contributed by atoms with van der Waals surface area (Å²) < 4.78 is 41.1. The van der Waals surface area contributed by atoms with Gasteiger partial charge >= 0.3 is 0 Å². The number of halogens is 1. The van der Waals surface area contributed by atoms with Crippen LogP contribution in [-0.2, 0) is 17.1 Å². The van der Waals surface area contributed by atoms with Gasteiger partial charge in [-0.1, -0.05) is 6.07 Å². The van der Waals surface area contributed by atoms with Crippen LogP contribution in [0, 0.1) is 12.7 Å². The van der Waals surface area contributed by atoms with Crippen LogP contribution in [0.15, 0.2) is 35.5 Å². The molecule has 0 bridgehead atoms. The van der Waals surface area contributed by atoms with Gasteiger partial charge in [-0.15, -0.1) is 0 Å². The van der Waals surface area contributed by atoms with Gasteiger partial charge in [0.2, 0.25) is 0 Å². The van der Waals surface area contributed by atoms with Crippen LogP contribution in [0.2, 0.25) is 0 Å². The number of hydrogen-bond acceptors (Lipinski definition) is 3. The molecule has 0 aliphatic heterocycles. The van der Waals surface area contributed by atoms with E-state index in [9.17, 15) is 12.8 Å². The highest BCUT2D eigenvalue weighted by Gasteiger charge is 2.16. The first-order valence-corrected chi connectivity index (χ1v) is 6.64. The molecule has 0 aliphatic rings. The van der Waals surface area contributed by atoms with Crippen LogP contribution in [0.5, 0.6) is 0 Å². The van der Waals surface area contributed by atoms with Crippen molar-refractivity contribution in [3.63, 3.8) is 0 Å². The van der Waals surface area contributed by atoms with Gasteiger partial charge in [-0.25, -0.2) is 12.8 Å². The summed E-state index contributed by atoms with van der Waals surface area (Å²) in [7, 11) is -2.11. The maximum Gasteiger partial charge on any atom is 0.262 e. The molecule has 0 atom stereocenters. The number of anilines is 1. The van der Waals surface area contributed by atoms with Gasteiger partial charge in [0.1, 0.15) is 5.82 Å². The lowest BCUT2D eigenvalue weighted by Gasteiger charge is -2.06. The first-order chi connectivity index (χ1) is 8.38. The summed E-state index contributed by atoms with van der Waals surface area (Å²) in [5, 5.41) is 3.84. The second kappa shape index (κ2) is 4.41. The fraction of sp³-hybridized carbons (Fsp3) is 0.182. The molecule has 0 unspecified atom stereocenters. The zero-order chi connectivity index (χ0) is 13.3. The molecule has 0 saturated heterocycles. The van der Waals surface area contributed by atoms with E-state index in [2.05, 4.69) is 9.82 Å². The number of aryl methyl sites for hydroxylation is 2. The molecule has 0 radical (unpaired) electrons. The highest BCUT2D eigenvalue weighted by Crippen LogP contribution is 2.17. The maximum atomic E-state index is 13.3. The van der Waals surface area contributed by atoms with Crippen LogP contribution in [-0.4, -0.2) is 18.2 Å². The van der Waals surface area contributed by atoms with Crippen molar-refractivity contribution in [3.05, 3.63) is 42.0 Å². The van der Waals surface area contributed by atoms with E-state index in [0.717, 1.165) is 6.07 Å². The van der Waals surface area contributed by atoms with Crippen molar-refractivity contribution in [2.75, 3.05) is 4.72 Å². The molecule has 1 aromatic carbocycles. The molecule has 18 heavy (non-hydrogen) atoms. The molecule has 0 aliphatic carbocycles. The second-order valence-electron chi connectivity index (χ2n) is 3.92. The molecule has 7 heteroatoms. The minimum absolute atomic E-state index is 0.116. The van der Waals surface area contributed by atoms with Crippen LogP contribution in [0.4, 0.5) is 10.1 Å². The SMILES string of the molecule is Cc1ccc(S(=O)(=O)Nc2cnn(C)c2)cc1F. The van der Waals surface area contributed by atoms with Gasteiger partial charge in [-0.2, -0.15) is 5.10 Å². The fourth-order valence-electron chi connectivity index (χ4n) is 1.43. The van der Waals surface area contributed by atoms with Crippen molar-refractivity contribution in [2.45, 2.75) is 11.8 Å². The van der Waals surface area contributed by atoms with Crippen molar-refractivity contribution in [3.8, 4) is 0 Å². The van der Waals surface area contributed by atoms with Gasteiger partial charge in [-0.3, -0.25) is 9.40 Å². The molecule has 5 nitrogen and oxygen atoms in total. The van der Waals surface area contributed by atoms with Crippen LogP contribution in [0.1, 0.15) is 5.56 Å². The Hall–Kier alpha value is -1.89. The smallest absolute Gasteiger partial charge is 0.262 e. The van der Waals surface area contributed by atoms with E-state index >= 15 is 0 Å². The number of rotatable bonds is 3. The third kappa shape index (κ3) is 2.51. The number of hydrogen-bond donors (Lipinski definition) is 1. The van der Waals surface area contributed by atoms with E-state index in [1.807, 2.05) is 0 Å². The molecular weight excluding hydrogens is 257 g/mol. The van der Waals surface area contributed by atoms with Crippen LogP contribution >= 0.6 is 0 Å². The topological polar surface area (TPSA) is 64.0 Å². The minimum atomic E-state index is -3.78. The first-order valence-electron chi connectivity index (χ1n) is 5.16. The maximum absolute atomic E-state index is 13.3. The normalized spacial score (nSPS) is 11.5. The second-order valence-corrected chi connectivity index (χ2v) is 5.60. The standard InChI is InChI=1S/C11H12FN3O2S/c1-8-3-4-10(5-11(8)12)18(16,17)14-9-6-13-15(2)7-9/h3-7,14H,1-2H3. The molecule has 2 rings (SSSR count). The minimum Gasteiger partial charge on any atom is -0.276 e. The number of nitrogens with one attached hydrogen (secondary N) is 1. The Bertz CT molecular complexity index is 679. The fourth-order valence-corrected chi connectivity index (χ4v) is 2.47. The molecule has 1 heterocycles. The summed E-state index contributed by atoms with van der Waals surface area (Å²) in [5.74, 6) is -0.552. The lowest BCUT2D eigenvalue weighted by Crippen LogP contribution is -2.12. The number of aromatic nitrogens is 2. The molecule has 1 N–H and O–H groups in total. The third-order valence-electron chi connectivity index (χ3n) is 2.41. The van der Waals surface area contributed by atoms with Crippen molar-refractivity contribution in [1.82, 2.24) is 9.78 Å². The molecule has 96 valence electrons. The number of sulfonamides is 1. The van der Waals surface area contributed by atoms with Gasteiger partial charge in [0, 0.05) is 13.2 Å². The van der Waals surface area contributed by atoms with Crippen molar-refractivity contribution in [2.24, 2.45) is 7.05 Å². The van der Waals surface area contributed by atoms with E-state index in [4.69, 9.17) is 0 Å². The highest BCUT2D eigenvalue weighted by molar-refractivity contribution is 7.92. The molecule has 0 saturated carbocycles. The summed E-state index contributed by atoms with van der Waals surface area (Å²) in [6.07, 6.45) is 2.89. The summed E-state index contributed by atoms with van der Waals surface area (Å²) in [6, 6.07) is 3.78. The number of benzene rings is 1. The molecule has 0 amide bonds. The molecule has 0 spiro atoms. The van der Waals surface area contributed by atoms with E-state index in [1.165, 1.54) is 29.2 Å². The monoisotopic (exact) mass is 269 g/mol. The van der Waals surface area contributed by atoms with Crippen molar-refractivity contribution >= 4 is 15.7 Å². The van der Waals surface area contributed by atoms with Gasteiger partial charge in [0.05, 0.1) is 16.8 Å². The summed E-state index contributed by atoms with van der Waals surface area (Å²) in [4.78, 5) is -0.116. The summed E-state index contributed by atoms with van der Waals surface area (Å²) in [5.41, 5.74) is 0.730. The van der Waals surface area contributed by atoms with E-state index in [-0.39, 0.29) is 4.90 Å². The van der Waals surface area contributed by atoms with Gasteiger partial charge in [-0.05, 0) is 24.6 Å². The average Bonchev–Trinajstić information content (AvgIpc) is 2.67. The first kappa shape index (κ1) is 12.6. The van der Waals surface area contributed by atoms with E-state index in [0.29, 0.717) is 11.3 Å². The predicted octanol–water partition coefficient (Wildman–Crippen LogP) is 1.67. The molecule has 1 aromatic heterocycles. The Labute approximate surface area is 104 Å². The molecule has 0 fully saturated rings. The molecule has 2 aromatic rings. The van der Waals surface area contributed by atoms with Crippen LogP contribution < -0.4 is 4.72 Å². The van der Waals surface area contributed by atoms with Crippen molar-refractivity contribution in [1.29, 1.82) is 0 Å². The van der Waals surface area contributed by atoms with Gasteiger partial charge < -0.3 is 0 Å². The van der Waals surface area contributed by atoms with E-state index < -0.39 is 15.8 Å². The Morgan fingerprint density at radius 1 is 1.39 bits per heavy atom. The van der Waals surface area contributed by atoms with Crippen LogP contribution in [0.3, 0.4) is 0 Å². The van der Waals surface area contributed by atoms with Gasteiger partial charge in [0.15, 0.2) is 0 Å². The Morgan fingerprint density at radius 2 is 2.11 bits per heavy atom. The number of nitrogens with zero attached hydrogens (tertiary/aromatic N) is 2. The lowest BCUT2D eigenvalue weighted by atomic mass is 10.2.